The molecule has 1 aliphatic heterocycles. The standard InChI is InChI=1S/C19H19ClN2O/c1-13(2)22(11-14-6-4-3-5-7-14)12-17-16-10-15(20)8-9-18(16)21-19(17)23/h3-10,12-13H,11H2,1-2H3,(H,21,23)/b17-12+. The minimum atomic E-state index is -0.0824. The Bertz CT molecular complexity index is 753. The fourth-order valence-electron chi connectivity index (χ4n) is 2.63. The molecule has 0 bridgehead atoms. The van der Waals surface area contributed by atoms with Gasteiger partial charge in [-0.2, -0.15) is 0 Å². The van der Waals surface area contributed by atoms with Crippen molar-refractivity contribution >= 4 is 28.8 Å². The maximum atomic E-state index is 12.3. The van der Waals surface area contributed by atoms with E-state index in [2.05, 4.69) is 36.2 Å². The van der Waals surface area contributed by atoms with Crippen LogP contribution in [0.5, 0.6) is 0 Å². The number of hydrogen-bond donors (Lipinski definition) is 1. The summed E-state index contributed by atoms with van der Waals surface area (Å²) in [6.07, 6.45) is 1.94. The summed E-state index contributed by atoms with van der Waals surface area (Å²) in [5.41, 5.74) is 3.55. The SMILES string of the molecule is CC(C)N(/C=C1/C(=O)Nc2ccc(Cl)cc21)Cc1ccccc1. The van der Waals surface area contributed by atoms with Crippen LogP contribution in [-0.4, -0.2) is 16.8 Å². The lowest BCUT2D eigenvalue weighted by atomic mass is 10.1. The van der Waals surface area contributed by atoms with Crippen LogP contribution in [0.25, 0.3) is 5.57 Å². The Hall–Kier alpha value is -2.26. The van der Waals surface area contributed by atoms with Gasteiger partial charge in [-0.3, -0.25) is 4.79 Å². The molecule has 1 aliphatic rings. The second-order valence-corrected chi connectivity index (χ2v) is 6.37. The van der Waals surface area contributed by atoms with Crippen molar-refractivity contribution in [2.45, 2.75) is 26.4 Å². The van der Waals surface area contributed by atoms with Gasteiger partial charge in [0.25, 0.3) is 5.91 Å². The zero-order valence-electron chi connectivity index (χ0n) is 13.2. The predicted molar refractivity (Wildman–Crippen MR) is 95.2 cm³/mol. The molecule has 0 spiro atoms. The Balaban J connectivity index is 1.94. The molecule has 0 saturated carbocycles. The number of carbonyl (C=O) groups excluding carboxylic acids is 1. The minimum Gasteiger partial charge on any atom is -0.370 e. The van der Waals surface area contributed by atoms with Crippen molar-refractivity contribution in [2.24, 2.45) is 0 Å². The van der Waals surface area contributed by atoms with Gasteiger partial charge in [-0.1, -0.05) is 41.9 Å². The van der Waals surface area contributed by atoms with Crippen molar-refractivity contribution in [3.8, 4) is 0 Å². The van der Waals surface area contributed by atoms with E-state index in [1.165, 1.54) is 5.56 Å². The molecule has 0 unspecified atom stereocenters. The highest BCUT2D eigenvalue weighted by Gasteiger charge is 2.25. The Kier molecular flexibility index (Phi) is 4.39. The average Bonchev–Trinajstić information content (AvgIpc) is 2.83. The summed E-state index contributed by atoms with van der Waals surface area (Å²) in [6.45, 7) is 4.99. The van der Waals surface area contributed by atoms with Gasteiger partial charge in [0.1, 0.15) is 0 Å². The number of amides is 1. The molecule has 1 N–H and O–H groups in total. The topological polar surface area (TPSA) is 32.3 Å². The molecular weight excluding hydrogens is 308 g/mol. The first-order valence-corrected chi connectivity index (χ1v) is 8.05. The van der Waals surface area contributed by atoms with Crippen LogP contribution < -0.4 is 5.32 Å². The molecular formula is C19H19ClN2O. The fourth-order valence-corrected chi connectivity index (χ4v) is 2.80. The lowest BCUT2D eigenvalue weighted by Crippen LogP contribution is -2.26. The van der Waals surface area contributed by atoms with Gasteiger partial charge in [0.2, 0.25) is 0 Å². The molecule has 3 nitrogen and oxygen atoms in total. The third kappa shape index (κ3) is 3.40. The molecule has 0 saturated heterocycles. The van der Waals surface area contributed by atoms with Gasteiger partial charge in [0.15, 0.2) is 0 Å². The molecule has 0 aromatic heterocycles. The summed E-state index contributed by atoms with van der Waals surface area (Å²) in [7, 11) is 0. The zero-order valence-corrected chi connectivity index (χ0v) is 14.0. The van der Waals surface area contributed by atoms with Crippen molar-refractivity contribution in [1.82, 2.24) is 4.90 Å². The van der Waals surface area contributed by atoms with Gasteiger partial charge in [-0.15, -0.1) is 0 Å². The summed E-state index contributed by atoms with van der Waals surface area (Å²) < 4.78 is 0. The number of halogens is 1. The van der Waals surface area contributed by atoms with Crippen LogP contribution >= 0.6 is 11.6 Å². The summed E-state index contributed by atoms with van der Waals surface area (Å²) in [5.74, 6) is -0.0824. The predicted octanol–water partition coefficient (Wildman–Crippen LogP) is 4.54. The first kappa shape index (κ1) is 15.6. The number of nitrogens with one attached hydrogen (secondary N) is 1. The Morgan fingerprint density at radius 3 is 2.61 bits per heavy atom. The van der Waals surface area contributed by atoms with Crippen LogP contribution in [0.3, 0.4) is 0 Å². The molecule has 0 aliphatic carbocycles. The molecule has 118 valence electrons. The number of benzene rings is 2. The smallest absolute Gasteiger partial charge is 0.257 e. The maximum absolute atomic E-state index is 12.3. The van der Waals surface area contributed by atoms with Crippen LogP contribution in [0.15, 0.2) is 54.7 Å². The normalized spacial score (nSPS) is 15.0. The minimum absolute atomic E-state index is 0.0824. The van der Waals surface area contributed by atoms with Crippen LogP contribution in [0, 0.1) is 0 Å². The molecule has 3 rings (SSSR count). The number of nitrogens with zero attached hydrogens (tertiary/aromatic N) is 1. The highest BCUT2D eigenvalue weighted by Crippen LogP contribution is 2.34. The molecule has 0 atom stereocenters. The van der Waals surface area contributed by atoms with E-state index in [0.717, 1.165) is 17.8 Å². The third-order valence-electron chi connectivity index (χ3n) is 3.93. The number of carbonyl (C=O) groups is 1. The first-order valence-electron chi connectivity index (χ1n) is 7.67. The average molecular weight is 327 g/mol. The van der Waals surface area contributed by atoms with Crippen molar-refractivity contribution in [3.05, 3.63) is 70.9 Å². The molecule has 2 aromatic rings. The van der Waals surface area contributed by atoms with Gasteiger partial charge in [-0.25, -0.2) is 0 Å². The highest BCUT2D eigenvalue weighted by molar-refractivity contribution is 6.34. The van der Waals surface area contributed by atoms with Crippen molar-refractivity contribution in [2.75, 3.05) is 5.32 Å². The van der Waals surface area contributed by atoms with Crippen LogP contribution in [0.1, 0.15) is 25.0 Å². The number of fused-ring (bicyclic) bond motifs is 1. The van der Waals surface area contributed by atoms with Crippen molar-refractivity contribution < 1.29 is 4.79 Å². The van der Waals surface area contributed by atoms with Crippen LogP contribution in [-0.2, 0) is 11.3 Å². The molecule has 1 amide bonds. The number of anilines is 1. The lowest BCUT2D eigenvalue weighted by molar-refractivity contribution is -0.110. The third-order valence-corrected chi connectivity index (χ3v) is 4.17. The van der Waals surface area contributed by atoms with Crippen molar-refractivity contribution in [3.63, 3.8) is 0 Å². The quantitative estimate of drug-likeness (QED) is 0.836. The molecule has 0 radical (unpaired) electrons. The molecule has 4 heteroatoms. The van der Waals surface area contributed by atoms with Crippen LogP contribution in [0.2, 0.25) is 5.02 Å². The zero-order chi connectivity index (χ0) is 16.4. The molecule has 1 heterocycles. The molecule has 2 aromatic carbocycles. The highest BCUT2D eigenvalue weighted by atomic mass is 35.5. The van der Waals surface area contributed by atoms with E-state index in [1.807, 2.05) is 36.5 Å². The van der Waals surface area contributed by atoms with E-state index in [0.29, 0.717) is 10.6 Å². The summed E-state index contributed by atoms with van der Waals surface area (Å²) in [5, 5.41) is 3.52. The van der Waals surface area contributed by atoms with Gasteiger partial charge in [-0.05, 0) is 37.6 Å². The van der Waals surface area contributed by atoms with Crippen LogP contribution in [0.4, 0.5) is 5.69 Å². The monoisotopic (exact) mass is 326 g/mol. The van der Waals surface area contributed by atoms with E-state index < -0.39 is 0 Å². The largest absolute Gasteiger partial charge is 0.370 e. The Morgan fingerprint density at radius 2 is 1.91 bits per heavy atom. The van der Waals surface area contributed by atoms with E-state index in [1.54, 1.807) is 6.07 Å². The maximum Gasteiger partial charge on any atom is 0.257 e. The van der Waals surface area contributed by atoms with E-state index >= 15 is 0 Å². The summed E-state index contributed by atoms with van der Waals surface area (Å²) >= 11 is 6.09. The lowest BCUT2D eigenvalue weighted by Gasteiger charge is -2.25. The fraction of sp³-hybridized carbons (Fsp3) is 0.211. The van der Waals surface area contributed by atoms with E-state index in [-0.39, 0.29) is 11.9 Å². The summed E-state index contributed by atoms with van der Waals surface area (Å²) in [4.78, 5) is 14.5. The van der Waals surface area contributed by atoms with Gasteiger partial charge >= 0.3 is 0 Å². The number of hydrogen-bond acceptors (Lipinski definition) is 2. The van der Waals surface area contributed by atoms with Crippen molar-refractivity contribution in [1.29, 1.82) is 0 Å². The Morgan fingerprint density at radius 1 is 1.17 bits per heavy atom. The van der Waals surface area contributed by atoms with E-state index in [9.17, 15) is 4.79 Å². The Labute approximate surface area is 141 Å². The van der Waals surface area contributed by atoms with Gasteiger partial charge in [0.05, 0.1) is 5.57 Å². The molecule has 23 heavy (non-hydrogen) atoms. The molecule has 0 fully saturated rings. The second-order valence-electron chi connectivity index (χ2n) is 5.94. The number of rotatable bonds is 4. The first-order chi connectivity index (χ1) is 11.0. The second kappa shape index (κ2) is 6.47. The van der Waals surface area contributed by atoms with Gasteiger partial charge in [0, 0.05) is 35.1 Å². The van der Waals surface area contributed by atoms with Gasteiger partial charge < -0.3 is 10.2 Å². The summed E-state index contributed by atoms with van der Waals surface area (Å²) in [6, 6.07) is 16.0. The van der Waals surface area contributed by atoms with E-state index in [4.69, 9.17) is 11.6 Å².